The molecule has 21 heavy (non-hydrogen) atoms. The van der Waals surface area contributed by atoms with Crippen LogP contribution in [0, 0.1) is 6.92 Å². The average Bonchev–Trinajstić information content (AvgIpc) is 2.88. The van der Waals surface area contributed by atoms with E-state index in [1.54, 1.807) is 37.3 Å². The minimum Gasteiger partial charge on any atom is -0.497 e. The Hall–Kier alpha value is -1.65. The van der Waals surface area contributed by atoms with Crippen LogP contribution in [0.2, 0.25) is 0 Å². The summed E-state index contributed by atoms with van der Waals surface area (Å²) in [5, 5.41) is 3.49. The van der Waals surface area contributed by atoms with Gasteiger partial charge in [0.2, 0.25) is 0 Å². The van der Waals surface area contributed by atoms with Crippen molar-refractivity contribution >= 4 is 33.2 Å². The molecule has 0 aliphatic rings. The summed E-state index contributed by atoms with van der Waals surface area (Å²) in [7, 11) is 3.41. The molecule has 0 aliphatic carbocycles. The van der Waals surface area contributed by atoms with Gasteiger partial charge in [-0.05, 0) is 42.8 Å². The molecule has 0 atom stereocenters. The van der Waals surface area contributed by atoms with Gasteiger partial charge in [-0.3, -0.25) is 0 Å². The van der Waals surface area contributed by atoms with Gasteiger partial charge >= 0.3 is 0 Å². The van der Waals surface area contributed by atoms with Crippen LogP contribution in [0.4, 0.5) is 0 Å². The Balaban J connectivity index is 1.99. The van der Waals surface area contributed by atoms with Crippen molar-refractivity contribution in [3.8, 4) is 11.5 Å². The van der Waals surface area contributed by atoms with Crippen LogP contribution in [0.3, 0.4) is 0 Å². The van der Waals surface area contributed by atoms with Crippen LogP contribution in [0.5, 0.6) is 11.5 Å². The number of ether oxygens (including phenoxy) is 2. The lowest BCUT2D eigenvalue weighted by Gasteiger charge is -2.06. The predicted octanol–water partition coefficient (Wildman–Crippen LogP) is 5.38. The minimum absolute atomic E-state index is 0.886. The van der Waals surface area contributed by atoms with E-state index in [9.17, 15) is 0 Å². The number of thiophene rings is 1. The molecule has 1 aromatic heterocycles. The quantitative estimate of drug-likeness (QED) is 0.644. The summed E-state index contributed by atoms with van der Waals surface area (Å²) < 4.78 is 11.9. The number of aryl methyl sites for hydroxylation is 1. The molecule has 1 heterocycles. The first-order valence-electron chi connectivity index (χ1n) is 6.59. The van der Waals surface area contributed by atoms with Gasteiger partial charge in [-0.15, -0.1) is 11.3 Å². The van der Waals surface area contributed by atoms with Gasteiger partial charge in [0.05, 0.1) is 14.2 Å². The van der Waals surface area contributed by atoms with Crippen LogP contribution in [0.15, 0.2) is 51.6 Å². The fourth-order valence-corrected chi connectivity index (χ4v) is 4.32. The fourth-order valence-electron chi connectivity index (χ4n) is 2.23. The summed E-state index contributed by atoms with van der Waals surface area (Å²) in [6, 6.07) is 12.5. The maximum atomic E-state index is 5.39. The highest BCUT2D eigenvalue weighted by Crippen LogP contribution is 2.40. The van der Waals surface area contributed by atoms with Gasteiger partial charge in [0.25, 0.3) is 0 Å². The molecule has 2 aromatic carbocycles. The van der Waals surface area contributed by atoms with Crippen LogP contribution >= 0.6 is 23.1 Å². The molecule has 0 spiro atoms. The monoisotopic (exact) mass is 316 g/mol. The maximum Gasteiger partial charge on any atom is 0.123 e. The topological polar surface area (TPSA) is 18.5 Å². The molecule has 3 aromatic rings. The summed E-state index contributed by atoms with van der Waals surface area (Å²) in [6.07, 6.45) is 0. The predicted molar refractivity (Wildman–Crippen MR) is 90.2 cm³/mol. The summed E-state index contributed by atoms with van der Waals surface area (Å²) in [4.78, 5) is 2.46. The first-order chi connectivity index (χ1) is 10.2. The molecule has 0 amide bonds. The largest absolute Gasteiger partial charge is 0.497 e. The van der Waals surface area contributed by atoms with E-state index in [1.807, 2.05) is 12.1 Å². The van der Waals surface area contributed by atoms with E-state index in [2.05, 4.69) is 36.6 Å². The van der Waals surface area contributed by atoms with Crippen molar-refractivity contribution in [3.05, 3.63) is 47.3 Å². The molecular weight excluding hydrogens is 300 g/mol. The molecule has 0 fully saturated rings. The Kier molecular flexibility index (Phi) is 4.08. The molecule has 0 bridgehead atoms. The second kappa shape index (κ2) is 6.00. The smallest absolute Gasteiger partial charge is 0.123 e. The van der Waals surface area contributed by atoms with Crippen LogP contribution in [0.25, 0.3) is 10.1 Å². The Morgan fingerprint density at radius 3 is 2.67 bits per heavy atom. The van der Waals surface area contributed by atoms with Crippen molar-refractivity contribution < 1.29 is 9.47 Å². The third kappa shape index (κ3) is 2.87. The van der Waals surface area contributed by atoms with Crippen molar-refractivity contribution in [2.75, 3.05) is 14.2 Å². The van der Waals surface area contributed by atoms with E-state index in [0.29, 0.717) is 0 Å². The first-order valence-corrected chi connectivity index (χ1v) is 8.28. The minimum atomic E-state index is 0.886. The maximum absolute atomic E-state index is 5.39. The van der Waals surface area contributed by atoms with E-state index in [-0.39, 0.29) is 0 Å². The Bertz CT molecular complexity index is 778. The third-order valence-corrected chi connectivity index (χ3v) is 5.47. The Labute approximate surface area is 132 Å². The van der Waals surface area contributed by atoms with Gasteiger partial charge in [-0.2, -0.15) is 0 Å². The molecule has 0 N–H and O–H groups in total. The molecule has 0 saturated carbocycles. The lowest BCUT2D eigenvalue weighted by molar-refractivity contribution is 0.412. The zero-order valence-electron chi connectivity index (χ0n) is 12.2. The highest BCUT2D eigenvalue weighted by atomic mass is 32.2. The van der Waals surface area contributed by atoms with Crippen LogP contribution in [-0.2, 0) is 0 Å². The molecule has 0 saturated heterocycles. The van der Waals surface area contributed by atoms with Crippen molar-refractivity contribution in [1.29, 1.82) is 0 Å². The zero-order valence-corrected chi connectivity index (χ0v) is 13.8. The number of methoxy groups -OCH3 is 2. The standard InChI is InChI=1S/C17H16O2S2/c1-11-7-14-16(9-15(11)19-3)20-10-17(14)21-13-6-4-5-12(8-13)18-2/h4-10H,1-3H3. The van der Waals surface area contributed by atoms with Gasteiger partial charge in [-0.1, -0.05) is 17.8 Å². The average molecular weight is 316 g/mol. The molecule has 3 rings (SSSR count). The van der Waals surface area contributed by atoms with Crippen LogP contribution in [-0.4, -0.2) is 14.2 Å². The fraction of sp³-hybridized carbons (Fsp3) is 0.176. The molecular formula is C17H16O2S2. The van der Waals surface area contributed by atoms with E-state index in [4.69, 9.17) is 9.47 Å². The first kappa shape index (κ1) is 14.3. The van der Waals surface area contributed by atoms with Crippen molar-refractivity contribution in [2.24, 2.45) is 0 Å². The second-order valence-corrected chi connectivity index (χ2v) is 6.73. The number of hydrogen-bond acceptors (Lipinski definition) is 4. The van der Waals surface area contributed by atoms with Gasteiger partial charge in [0.1, 0.15) is 11.5 Å². The molecule has 4 heteroatoms. The number of fused-ring (bicyclic) bond motifs is 1. The molecule has 0 radical (unpaired) electrons. The van der Waals surface area contributed by atoms with Crippen molar-refractivity contribution in [3.63, 3.8) is 0 Å². The van der Waals surface area contributed by atoms with E-state index in [0.717, 1.165) is 17.1 Å². The van der Waals surface area contributed by atoms with Gasteiger partial charge in [-0.25, -0.2) is 0 Å². The summed E-state index contributed by atoms with van der Waals surface area (Å²) >= 11 is 3.51. The summed E-state index contributed by atoms with van der Waals surface area (Å²) in [6.45, 7) is 2.08. The van der Waals surface area contributed by atoms with Crippen molar-refractivity contribution in [1.82, 2.24) is 0 Å². The third-order valence-electron chi connectivity index (χ3n) is 3.32. The highest BCUT2D eigenvalue weighted by molar-refractivity contribution is 7.99. The van der Waals surface area contributed by atoms with Crippen molar-refractivity contribution in [2.45, 2.75) is 16.7 Å². The summed E-state index contributed by atoms with van der Waals surface area (Å²) in [5.41, 5.74) is 1.16. The van der Waals surface area contributed by atoms with Gasteiger partial charge < -0.3 is 9.47 Å². The number of benzene rings is 2. The van der Waals surface area contributed by atoms with Crippen LogP contribution in [0.1, 0.15) is 5.56 Å². The van der Waals surface area contributed by atoms with Gasteiger partial charge in [0, 0.05) is 25.3 Å². The van der Waals surface area contributed by atoms with Crippen LogP contribution < -0.4 is 9.47 Å². The zero-order chi connectivity index (χ0) is 14.8. The second-order valence-electron chi connectivity index (χ2n) is 4.70. The summed E-state index contributed by atoms with van der Waals surface area (Å²) in [5.74, 6) is 1.83. The SMILES string of the molecule is COc1cccc(Sc2csc3cc(OC)c(C)cc23)c1. The molecule has 0 aliphatic heterocycles. The molecule has 2 nitrogen and oxygen atoms in total. The van der Waals surface area contributed by atoms with Gasteiger partial charge in [0.15, 0.2) is 0 Å². The van der Waals surface area contributed by atoms with E-state index >= 15 is 0 Å². The Morgan fingerprint density at radius 1 is 1.05 bits per heavy atom. The molecule has 0 unspecified atom stereocenters. The lowest BCUT2D eigenvalue weighted by Crippen LogP contribution is -1.86. The highest BCUT2D eigenvalue weighted by Gasteiger charge is 2.09. The lowest BCUT2D eigenvalue weighted by atomic mass is 10.2. The number of hydrogen-bond donors (Lipinski definition) is 0. The molecule has 108 valence electrons. The van der Waals surface area contributed by atoms with E-state index in [1.165, 1.54) is 19.9 Å². The Morgan fingerprint density at radius 2 is 1.90 bits per heavy atom. The number of rotatable bonds is 4. The van der Waals surface area contributed by atoms with E-state index < -0.39 is 0 Å². The normalized spacial score (nSPS) is 10.8.